The summed E-state index contributed by atoms with van der Waals surface area (Å²) < 4.78 is 27.8. The summed E-state index contributed by atoms with van der Waals surface area (Å²) in [7, 11) is -1.75. The van der Waals surface area contributed by atoms with Gasteiger partial charge in [-0.3, -0.25) is 0 Å². The largest absolute Gasteiger partial charge is 0.474 e. The molecule has 1 N–H and O–H groups in total. The number of nitrogens with zero attached hydrogens (tertiary/aromatic N) is 3. The van der Waals surface area contributed by atoms with Gasteiger partial charge in [0.2, 0.25) is 11.8 Å². The van der Waals surface area contributed by atoms with Gasteiger partial charge in [-0.2, -0.15) is 9.50 Å². The van der Waals surface area contributed by atoms with E-state index < -0.39 is 8.32 Å². The van der Waals surface area contributed by atoms with Crippen molar-refractivity contribution in [3.63, 3.8) is 0 Å². The number of aromatic nitrogens is 3. The molecule has 1 aromatic carbocycles. The standard InChI is InChI=1S/C24H33FN4O2Si/c1-24(2,3)32(4,5)31-20-15-13-19(14-16-20)30-22-8-6-7-21-27-23(28-29(21)22)26-18-11-9-17(25)10-12-18/h6-12,19-20H,13-16H2,1-5H3,(H,26,28)/t19-,20+. The molecule has 2 aromatic heterocycles. The summed E-state index contributed by atoms with van der Waals surface area (Å²) in [5.74, 6) is 0.841. The van der Waals surface area contributed by atoms with E-state index in [0.717, 1.165) is 31.4 Å². The fourth-order valence-corrected chi connectivity index (χ4v) is 5.14. The van der Waals surface area contributed by atoms with Crippen LogP contribution in [0.1, 0.15) is 46.5 Å². The Morgan fingerprint density at radius 1 is 1.00 bits per heavy atom. The average Bonchev–Trinajstić information content (AvgIpc) is 3.14. The van der Waals surface area contributed by atoms with Crippen LogP contribution >= 0.6 is 0 Å². The molecule has 6 nitrogen and oxygen atoms in total. The number of ether oxygens (including phenoxy) is 1. The second kappa shape index (κ2) is 8.82. The van der Waals surface area contributed by atoms with E-state index in [4.69, 9.17) is 9.16 Å². The van der Waals surface area contributed by atoms with Crippen LogP contribution in [0.3, 0.4) is 0 Å². The minimum atomic E-state index is -1.75. The predicted molar refractivity (Wildman–Crippen MR) is 128 cm³/mol. The molecule has 0 amide bonds. The molecule has 0 atom stereocenters. The lowest BCUT2D eigenvalue weighted by molar-refractivity contribution is 0.0690. The van der Waals surface area contributed by atoms with Crippen molar-refractivity contribution in [2.24, 2.45) is 0 Å². The maximum atomic E-state index is 13.1. The summed E-state index contributed by atoms with van der Waals surface area (Å²) in [6.45, 7) is 11.5. The van der Waals surface area contributed by atoms with Crippen molar-refractivity contribution in [2.45, 2.75) is 76.8 Å². The molecule has 32 heavy (non-hydrogen) atoms. The summed E-state index contributed by atoms with van der Waals surface area (Å²) in [4.78, 5) is 4.51. The third-order valence-electron chi connectivity index (χ3n) is 6.60. The zero-order chi connectivity index (χ0) is 22.9. The van der Waals surface area contributed by atoms with Gasteiger partial charge in [0.05, 0.1) is 0 Å². The molecule has 3 aromatic rings. The number of halogens is 1. The number of rotatable bonds is 6. The van der Waals surface area contributed by atoms with Crippen molar-refractivity contribution in [1.82, 2.24) is 14.6 Å². The minimum Gasteiger partial charge on any atom is -0.474 e. The first kappa shape index (κ1) is 22.7. The van der Waals surface area contributed by atoms with Crippen LogP contribution in [0, 0.1) is 5.82 Å². The van der Waals surface area contributed by atoms with E-state index in [1.54, 1.807) is 16.6 Å². The highest BCUT2D eigenvalue weighted by atomic mass is 28.4. The molecule has 1 saturated carbocycles. The molecule has 0 spiro atoms. The summed E-state index contributed by atoms with van der Waals surface area (Å²) in [6, 6.07) is 11.8. The summed E-state index contributed by atoms with van der Waals surface area (Å²) in [5, 5.41) is 7.88. The Morgan fingerprint density at radius 2 is 1.66 bits per heavy atom. The van der Waals surface area contributed by atoms with E-state index >= 15 is 0 Å². The van der Waals surface area contributed by atoms with E-state index in [0.29, 0.717) is 23.6 Å². The van der Waals surface area contributed by atoms with Crippen LogP contribution in [0.5, 0.6) is 5.88 Å². The van der Waals surface area contributed by atoms with Crippen LogP contribution in [-0.4, -0.2) is 35.1 Å². The first-order chi connectivity index (χ1) is 15.1. The molecule has 4 rings (SSSR count). The zero-order valence-electron chi connectivity index (χ0n) is 19.6. The smallest absolute Gasteiger partial charge is 0.247 e. The van der Waals surface area contributed by atoms with Crippen LogP contribution in [0.25, 0.3) is 5.65 Å². The van der Waals surface area contributed by atoms with Gasteiger partial charge in [-0.05, 0) is 74.1 Å². The van der Waals surface area contributed by atoms with Gasteiger partial charge in [0, 0.05) is 17.9 Å². The van der Waals surface area contributed by atoms with Gasteiger partial charge in [0.15, 0.2) is 14.0 Å². The Bertz CT molecular complexity index is 1050. The van der Waals surface area contributed by atoms with Crippen molar-refractivity contribution in [3.8, 4) is 5.88 Å². The molecule has 0 saturated heterocycles. The third kappa shape index (κ3) is 5.12. The molecule has 1 aliphatic rings. The fraction of sp³-hybridized carbons (Fsp3) is 0.500. The topological polar surface area (TPSA) is 60.7 Å². The lowest BCUT2D eigenvalue weighted by Gasteiger charge is -2.41. The molecule has 1 fully saturated rings. The van der Waals surface area contributed by atoms with Crippen molar-refractivity contribution in [3.05, 3.63) is 48.3 Å². The highest BCUT2D eigenvalue weighted by Crippen LogP contribution is 2.39. The normalized spacial score (nSPS) is 19.8. The van der Waals surface area contributed by atoms with Crippen molar-refractivity contribution >= 4 is 25.6 Å². The molecular formula is C24H33FN4O2Si. The van der Waals surface area contributed by atoms with Crippen molar-refractivity contribution < 1.29 is 13.6 Å². The first-order valence-electron chi connectivity index (χ1n) is 11.3. The van der Waals surface area contributed by atoms with E-state index in [-0.39, 0.29) is 17.0 Å². The highest BCUT2D eigenvalue weighted by Gasteiger charge is 2.40. The van der Waals surface area contributed by atoms with E-state index in [1.165, 1.54) is 12.1 Å². The maximum Gasteiger partial charge on any atom is 0.247 e. The number of anilines is 2. The highest BCUT2D eigenvalue weighted by molar-refractivity contribution is 6.74. The third-order valence-corrected chi connectivity index (χ3v) is 11.1. The maximum absolute atomic E-state index is 13.1. The predicted octanol–water partition coefficient (Wildman–Crippen LogP) is 6.32. The van der Waals surface area contributed by atoms with Crippen LogP contribution in [0.4, 0.5) is 16.0 Å². The Balaban J connectivity index is 1.39. The number of nitrogens with one attached hydrogen (secondary N) is 1. The second-order valence-corrected chi connectivity index (χ2v) is 14.9. The van der Waals surface area contributed by atoms with Gasteiger partial charge in [0.1, 0.15) is 11.9 Å². The Kier molecular flexibility index (Phi) is 6.27. The number of benzene rings is 1. The molecule has 0 unspecified atom stereocenters. The summed E-state index contributed by atoms with van der Waals surface area (Å²) in [5.41, 5.74) is 1.42. The summed E-state index contributed by atoms with van der Waals surface area (Å²) in [6.07, 6.45) is 4.42. The van der Waals surface area contributed by atoms with E-state index in [1.807, 2.05) is 18.2 Å². The fourth-order valence-electron chi connectivity index (χ4n) is 3.72. The molecule has 2 heterocycles. The van der Waals surface area contributed by atoms with E-state index in [2.05, 4.69) is 49.3 Å². The molecule has 0 bridgehead atoms. The lowest BCUT2D eigenvalue weighted by atomic mass is 9.95. The van der Waals surface area contributed by atoms with Gasteiger partial charge in [-0.25, -0.2) is 4.39 Å². The number of hydrogen-bond donors (Lipinski definition) is 1. The quantitative estimate of drug-likeness (QED) is 0.440. The Morgan fingerprint density at radius 3 is 2.31 bits per heavy atom. The van der Waals surface area contributed by atoms with Gasteiger partial charge >= 0.3 is 0 Å². The minimum absolute atomic E-state index is 0.137. The number of pyridine rings is 1. The van der Waals surface area contributed by atoms with Gasteiger partial charge in [-0.1, -0.05) is 26.8 Å². The van der Waals surface area contributed by atoms with Crippen LogP contribution < -0.4 is 10.1 Å². The van der Waals surface area contributed by atoms with Gasteiger partial charge in [0.25, 0.3) is 0 Å². The molecule has 0 aliphatic heterocycles. The second-order valence-electron chi connectivity index (χ2n) is 10.1. The molecule has 1 aliphatic carbocycles. The summed E-state index contributed by atoms with van der Waals surface area (Å²) >= 11 is 0. The lowest BCUT2D eigenvalue weighted by Crippen LogP contribution is -2.45. The molecular weight excluding hydrogens is 423 g/mol. The SMILES string of the molecule is CC(C)(C)[Si](C)(C)O[C@H]1CC[C@@H](Oc2cccc3nc(Nc4ccc(F)cc4)nn23)CC1. The van der Waals surface area contributed by atoms with Gasteiger partial charge in [-0.15, -0.1) is 5.10 Å². The number of hydrogen-bond acceptors (Lipinski definition) is 5. The average molecular weight is 457 g/mol. The molecule has 8 heteroatoms. The van der Waals surface area contributed by atoms with Crippen molar-refractivity contribution in [1.29, 1.82) is 0 Å². The monoisotopic (exact) mass is 456 g/mol. The Hall–Kier alpha value is -2.45. The van der Waals surface area contributed by atoms with Crippen LogP contribution in [-0.2, 0) is 4.43 Å². The van der Waals surface area contributed by atoms with Gasteiger partial charge < -0.3 is 14.5 Å². The number of fused-ring (bicyclic) bond motifs is 1. The zero-order valence-corrected chi connectivity index (χ0v) is 20.6. The first-order valence-corrected chi connectivity index (χ1v) is 14.2. The van der Waals surface area contributed by atoms with E-state index in [9.17, 15) is 4.39 Å². The Labute approximate surface area is 190 Å². The van der Waals surface area contributed by atoms with Crippen molar-refractivity contribution in [2.75, 3.05) is 5.32 Å². The van der Waals surface area contributed by atoms with Crippen LogP contribution in [0.15, 0.2) is 42.5 Å². The van der Waals surface area contributed by atoms with Crippen LogP contribution in [0.2, 0.25) is 18.1 Å². The molecule has 0 radical (unpaired) electrons. The molecule has 172 valence electrons.